The van der Waals surface area contributed by atoms with Gasteiger partial charge in [0.2, 0.25) is 0 Å². The molecule has 1 aromatic carbocycles. The summed E-state index contributed by atoms with van der Waals surface area (Å²) < 4.78 is 49.6. The predicted octanol–water partition coefficient (Wildman–Crippen LogP) is 3.09. The molecule has 0 aliphatic heterocycles. The van der Waals surface area contributed by atoms with Crippen LogP contribution in [0.5, 0.6) is 0 Å². The lowest BCUT2D eigenvalue weighted by molar-refractivity contribution is -0.140. The normalized spacial score (nSPS) is 10.8. The summed E-state index contributed by atoms with van der Waals surface area (Å²) in [5.74, 6) is -2.45. The Morgan fingerprint density at radius 2 is 2.00 bits per heavy atom. The summed E-state index contributed by atoms with van der Waals surface area (Å²) in [6.45, 7) is 0. The van der Waals surface area contributed by atoms with Gasteiger partial charge in [0.1, 0.15) is 5.82 Å². The second-order valence-corrected chi connectivity index (χ2v) is 2.88. The molecular formula is C9H3F4NOS. The van der Waals surface area contributed by atoms with Gasteiger partial charge in [0.25, 0.3) is 5.91 Å². The maximum atomic E-state index is 12.8. The number of aliphatic imine (C=N–C) groups is 1. The largest absolute Gasteiger partial charge is 0.419 e. The van der Waals surface area contributed by atoms with E-state index in [2.05, 4.69) is 17.2 Å². The van der Waals surface area contributed by atoms with Crippen molar-refractivity contribution < 1.29 is 22.4 Å². The SMILES string of the molecule is O=C(N=C=S)c1ccc(F)c(C(F)(F)F)c1. The third-order valence-corrected chi connectivity index (χ3v) is 1.76. The molecule has 0 aromatic heterocycles. The molecule has 1 aromatic rings. The van der Waals surface area contributed by atoms with E-state index in [9.17, 15) is 22.4 Å². The number of hydrogen-bond acceptors (Lipinski definition) is 2. The molecule has 0 fully saturated rings. The second kappa shape index (κ2) is 4.51. The average Bonchev–Trinajstić information content (AvgIpc) is 2.16. The van der Waals surface area contributed by atoms with Crippen molar-refractivity contribution in [1.82, 2.24) is 0 Å². The predicted molar refractivity (Wildman–Crippen MR) is 50.8 cm³/mol. The van der Waals surface area contributed by atoms with Crippen LogP contribution < -0.4 is 0 Å². The average molecular weight is 249 g/mol. The number of halogens is 4. The molecule has 1 amide bonds. The summed E-state index contributed by atoms with van der Waals surface area (Å²) in [6, 6.07) is 1.83. The van der Waals surface area contributed by atoms with E-state index in [1.165, 1.54) is 0 Å². The van der Waals surface area contributed by atoms with Crippen LogP contribution in [-0.2, 0) is 6.18 Å². The van der Waals surface area contributed by atoms with Crippen molar-refractivity contribution in [2.75, 3.05) is 0 Å². The first-order valence-electron chi connectivity index (χ1n) is 3.85. The van der Waals surface area contributed by atoms with Gasteiger partial charge in [-0.3, -0.25) is 4.79 Å². The highest BCUT2D eigenvalue weighted by atomic mass is 32.1. The minimum Gasteiger partial charge on any atom is -0.266 e. The number of carbonyl (C=O) groups is 1. The van der Waals surface area contributed by atoms with Crippen LogP contribution in [-0.4, -0.2) is 11.1 Å². The molecule has 2 nitrogen and oxygen atoms in total. The lowest BCUT2D eigenvalue weighted by Crippen LogP contribution is -2.09. The zero-order valence-electron chi connectivity index (χ0n) is 7.51. The number of carbonyl (C=O) groups excluding carboxylic acids is 1. The Bertz CT molecular complexity index is 477. The lowest BCUT2D eigenvalue weighted by Gasteiger charge is -2.08. The van der Waals surface area contributed by atoms with Gasteiger partial charge >= 0.3 is 6.18 Å². The standard InChI is InChI=1S/C9H3F4NOS/c10-7-2-1-5(8(15)14-4-16)3-6(7)9(11,12)13/h1-3H. The Hall–Kier alpha value is -1.59. The first kappa shape index (κ1) is 12.5. The van der Waals surface area contributed by atoms with Crippen molar-refractivity contribution in [3.05, 3.63) is 35.1 Å². The highest BCUT2D eigenvalue weighted by molar-refractivity contribution is 7.78. The fourth-order valence-corrected chi connectivity index (χ4v) is 1.06. The van der Waals surface area contributed by atoms with E-state index < -0.39 is 29.0 Å². The van der Waals surface area contributed by atoms with Gasteiger partial charge in [0, 0.05) is 5.56 Å². The number of thiocarbonyl (C=S) groups is 1. The van der Waals surface area contributed by atoms with Gasteiger partial charge < -0.3 is 0 Å². The third kappa shape index (κ3) is 2.71. The molecular weight excluding hydrogens is 246 g/mol. The summed E-state index contributed by atoms with van der Waals surface area (Å²) in [7, 11) is 0. The molecule has 84 valence electrons. The summed E-state index contributed by atoms with van der Waals surface area (Å²) in [5.41, 5.74) is -1.91. The van der Waals surface area contributed by atoms with Gasteiger partial charge in [-0.1, -0.05) is 0 Å². The number of nitrogens with zero attached hydrogens (tertiary/aromatic N) is 1. The maximum absolute atomic E-state index is 12.8. The summed E-state index contributed by atoms with van der Waals surface area (Å²) in [6.07, 6.45) is -4.86. The number of rotatable bonds is 1. The van der Waals surface area contributed by atoms with Gasteiger partial charge in [-0.15, -0.1) is 0 Å². The second-order valence-electron chi connectivity index (χ2n) is 2.70. The van der Waals surface area contributed by atoms with E-state index in [0.29, 0.717) is 12.1 Å². The summed E-state index contributed by atoms with van der Waals surface area (Å²) >= 11 is 4.13. The highest BCUT2D eigenvalue weighted by Gasteiger charge is 2.34. The molecule has 1 rings (SSSR count). The van der Waals surface area contributed by atoms with Crippen molar-refractivity contribution in [2.45, 2.75) is 6.18 Å². The number of alkyl halides is 3. The molecule has 0 bridgehead atoms. The number of benzene rings is 1. The number of isothiocyanates is 1. The Morgan fingerprint density at radius 1 is 1.38 bits per heavy atom. The summed E-state index contributed by atoms with van der Waals surface area (Å²) in [4.78, 5) is 14.0. The first-order valence-corrected chi connectivity index (χ1v) is 4.26. The quantitative estimate of drug-likeness (QED) is 0.435. The monoisotopic (exact) mass is 249 g/mol. The molecule has 0 heterocycles. The van der Waals surface area contributed by atoms with Gasteiger partial charge in [0.05, 0.1) is 10.7 Å². The Labute approximate surface area is 92.6 Å². The van der Waals surface area contributed by atoms with E-state index in [1.54, 1.807) is 5.16 Å². The molecule has 0 atom stereocenters. The van der Waals surface area contributed by atoms with Crippen LogP contribution in [0.1, 0.15) is 15.9 Å². The molecule has 0 N–H and O–H groups in total. The molecule has 0 saturated carbocycles. The van der Waals surface area contributed by atoms with Crippen molar-refractivity contribution in [3.63, 3.8) is 0 Å². The van der Waals surface area contributed by atoms with Gasteiger partial charge in [-0.2, -0.15) is 18.2 Å². The van der Waals surface area contributed by atoms with Crippen molar-refractivity contribution in [2.24, 2.45) is 4.99 Å². The van der Waals surface area contributed by atoms with Gasteiger partial charge in [0.15, 0.2) is 0 Å². The van der Waals surface area contributed by atoms with Crippen LogP contribution in [0, 0.1) is 5.82 Å². The van der Waals surface area contributed by atoms with Crippen LogP contribution in [0.2, 0.25) is 0 Å². The molecule has 0 spiro atoms. The fraction of sp³-hybridized carbons (Fsp3) is 0.111. The fourth-order valence-electron chi connectivity index (χ4n) is 0.982. The maximum Gasteiger partial charge on any atom is 0.419 e. The number of hydrogen-bond donors (Lipinski definition) is 0. The summed E-state index contributed by atoms with van der Waals surface area (Å²) in [5, 5.41) is 1.72. The molecule has 0 saturated heterocycles. The van der Waals surface area contributed by atoms with Crippen molar-refractivity contribution >= 4 is 23.3 Å². The molecule has 0 radical (unpaired) electrons. The van der Waals surface area contributed by atoms with Crippen LogP contribution in [0.25, 0.3) is 0 Å². The molecule has 0 unspecified atom stereocenters. The van der Waals surface area contributed by atoms with Crippen LogP contribution in [0.4, 0.5) is 17.6 Å². The van der Waals surface area contributed by atoms with E-state index >= 15 is 0 Å². The Kier molecular flexibility index (Phi) is 3.51. The lowest BCUT2D eigenvalue weighted by atomic mass is 10.1. The number of amides is 1. The topological polar surface area (TPSA) is 29.4 Å². The van der Waals surface area contributed by atoms with E-state index in [1.807, 2.05) is 0 Å². The van der Waals surface area contributed by atoms with Crippen molar-refractivity contribution in [1.29, 1.82) is 0 Å². The third-order valence-electron chi connectivity index (χ3n) is 1.67. The first-order chi connectivity index (χ1) is 7.36. The van der Waals surface area contributed by atoms with Gasteiger partial charge in [-0.05, 0) is 30.4 Å². The zero-order valence-corrected chi connectivity index (χ0v) is 8.32. The van der Waals surface area contributed by atoms with Crippen LogP contribution in [0.15, 0.2) is 23.2 Å². The minimum absolute atomic E-state index is 0.383. The van der Waals surface area contributed by atoms with E-state index in [-0.39, 0.29) is 0 Å². The minimum atomic E-state index is -4.86. The highest BCUT2D eigenvalue weighted by Crippen LogP contribution is 2.31. The Balaban J connectivity index is 3.28. The Morgan fingerprint density at radius 3 is 2.50 bits per heavy atom. The van der Waals surface area contributed by atoms with Crippen LogP contribution in [0.3, 0.4) is 0 Å². The van der Waals surface area contributed by atoms with E-state index in [0.717, 1.165) is 6.07 Å². The van der Waals surface area contributed by atoms with Crippen molar-refractivity contribution in [3.8, 4) is 0 Å². The van der Waals surface area contributed by atoms with Crippen LogP contribution >= 0.6 is 12.2 Å². The molecule has 7 heteroatoms. The van der Waals surface area contributed by atoms with Gasteiger partial charge in [-0.25, -0.2) is 4.39 Å². The molecule has 0 aliphatic rings. The smallest absolute Gasteiger partial charge is 0.266 e. The van der Waals surface area contributed by atoms with E-state index in [4.69, 9.17) is 0 Å². The molecule has 0 aliphatic carbocycles. The molecule has 16 heavy (non-hydrogen) atoms. The zero-order chi connectivity index (χ0) is 12.3.